The molecule has 0 unspecified atom stereocenters. The number of anilines is 1. The maximum atomic E-state index is 13.3. The molecule has 1 heterocycles. The molecule has 5 nitrogen and oxygen atoms in total. The lowest BCUT2D eigenvalue weighted by Crippen LogP contribution is -2.44. The first kappa shape index (κ1) is 15.2. The van der Waals surface area contributed by atoms with E-state index < -0.39 is 15.8 Å². The molecule has 2 N–H and O–H groups in total. The first-order valence-corrected chi connectivity index (χ1v) is 7.98. The molecule has 0 saturated carbocycles. The molecule has 1 aliphatic heterocycles. The monoisotopic (exact) mass is 301 g/mol. The third-order valence-corrected chi connectivity index (χ3v) is 5.80. The minimum Gasteiger partial charge on any atom is -0.398 e. The van der Waals surface area contributed by atoms with Gasteiger partial charge in [0.25, 0.3) is 0 Å². The summed E-state index contributed by atoms with van der Waals surface area (Å²) in [4.78, 5) is 2.01. The van der Waals surface area contributed by atoms with E-state index >= 15 is 0 Å². The molecule has 2 rings (SSSR count). The van der Waals surface area contributed by atoms with E-state index in [0.29, 0.717) is 0 Å². The first-order chi connectivity index (χ1) is 9.32. The van der Waals surface area contributed by atoms with Crippen molar-refractivity contribution in [1.82, 2.24) is 9.21 Å². The Morgan fingerprint density at radius 2 is 1.95 bits per heavy atom. The molecule has 0 amide bonds. The van der Waals surface area contributed by atoms with Crippen molar-refractivity contribution in [3.05, 3.63) is 24.0 Å². The lowest BCUT2D eigenvalue weighted by Gasteiger charge is -2.34. The summed E-state index contributed by atoms with van der Waals surface area (Å²) in [6, 6.07) is 3.35. The first-order valence-electron chi connectivity index (χ1n) is 6.54. The number of nitrogen functional groups attached to an aromatic ring is 1. The highest BCUT2D eigenvalue weighted by Gasteiger charge is 2.31. The Kier molecular flexibility index (Phi) is 4.31. The Morgan fingerprint density at radius 1 is 1.35 bits per heavy atom. The summed E-state index contributed by atoms with van der Waals surface area (Å²) in [6.07, 6.45) is 1.53. The van der Waals surface area contributed by atoms with Crippen molar-refractivity contribution < 1.29 is 12.8 Å². The summed E-state index contributed by atoms with van der Waals surface area (Å²) in [7, 11) is -0.213. The van der Waals surface area contributed by atoms with E-state index in [2.05, 4.69) is 4.90 Å². The number of sulfonamides is 1. The number of benzene rings is 1. The molecule has 1 aliphatic rings. The minimum atomic E-state index is -3.76. The number of piperidine rings is 1. The largest absolute Gasteiger partial charge is 0.398 e. The molecule has 0 aliphatic carbocycles. The third kappa shape index (κ3) is 2.94. The number of hydrogen-bond donors (Lipinski definition) is 1. The van der Waals surface area contributed by atoms with Crippen LogP contribution in [0, 0.1) is 5.82 Å². The van der Waals surface area contributed by atoms with Crippen LogP contribution in [0.25, 0.3) is 0 Å². The van der Waals surface area contributed by atoms with Crippen LogP contribution in [-0.2, 0) is 10.0 Å². The van der Waals surface area contributed by atoms with Crippen LogP contribution in [0.2, 0.25) is 0 Å². The molecule has 0 aromatic heterocycles. The van der Waals surface area contributed by atoms with E-state index in [4.69, 9.17) is 5.73 Å². The highest BCUT2D eigenvalue weighted by Crippen LogP contribution is 2.26. The van der Waals surface area contributed by atoms with Gasteiger partial charge in [0.05, 0.1) is 5.69 Å². The molecule has 112 valence electrons. The molecule has 0 bridgehead atoms. The topological polar surface area (TPSA) is 66.6 Å². The Morgan fingerprint density at radius 3 is 2.55 bits per heavy atom. The van der Waals surface area contributed by atoms with E-state index in [9.17, 15) is 12.8 Å². The van der Waals surface area contributed by atoms with Crippen molar-refractivity contribution in [2.24, 2.45) is 0 Å². The van der Waals surface area contributed by atoms with E-state index in [1.807, 2.05) is 7.05 Å². The van der Waals surface area contributed by atoms with Crippen molar-refractivity contribution in [2.45, 2.75) is 23.8 Å². The van der Waals surface area contributed by atoms with Crippen LogP contribution in [0.5, 0.6) is 0 Å². The fraction of sp³-hybridized carbons (Fsp3) is 0.538. The average molecular weight is 301 g/mol. The number of nitrogens with zero attached hydrogens (tertiary/aromatic N) is 2. The smallest absolute Gasteiger partial charge is 0.245 e. The SMILES string of the molecule is CN1CCC(N(C)S(=O)(=O)c2cc(F)ccc2N)CC1. The summed E-state index contributed by atoms with van der Waals surface area (Å²) < 4.78 is 39.7. The Balaban J connectivity index is 2.27. The number of halogens is 1. The molecule has 0 radical (unpaired) electrons. The minimum absolute atomic E-state index is 0.0705. The van der Waals surface area contributed by atoms with Crippen LogP contribution < -0.4 is 5.73 Å². The lowest BCUT2D eigenvalue weighted by atomic mass is 10.1. The molecule has 0 spiro atoms. The highest BCUT2D eigenvalue weighted by molar-refractivity contribution is 7.89. The van der Waals surface area contributed by atoms with Gasteiger partial charge in [-0.2, -0.15) is 4.31 Å². The van der Waals surface area contributed by atoms with E-state index in [1.165, 1.54) is 17.4 Å². The molecule has 0 atom stereocenters. The molecule has 1 aromatic carbocycles. The van der Waals surface area contributed by atoms with Gasteiger partial charge in [0.2, 0.25) is 10.0 Å². The van der Waals surface area contributed by atoms with Crippen LogP contribution in [0.1, 0.15) is 12.8 Å². The van der Waals surface area contributed by atoms with Crippen LogP contribution in [-0.4, -0.2) is 50.8 Å². The number of nitrogens with two attached hydrogens (primary N) is 1. The van der Waals surface area contributed by atoms with E-state index in [0.717, 1.165) is 38.1 Å². The zero-order valence-electron chi connectivity index (χ0n) is 11.7. The van der Waals surface area contributed by atoms with Crippen molar-refractivity contribution in [2.75, 3.05) is 32.9 Å². The molecule has 20 heavy (non-hydrogen) atoms. The standard InChI is InChI=1S/C13H20FN3O2S/c1-16-7-5-11(6-8-16)17(2)20(18,19)13-9-10(14)3-4-12(13)15/h3-4,9,11H,5-8,15H2,1-2H3. The lowest BCUT2D eigenvalue weighted by molar-refractivity contribution is 0.197. The van der Waals surface area contributed by atoms with Gasteiger partial charge in [-0.25, -0.2) is 12.8 Å². The van der Waals surface area contributed by atoms with Crippen LogP contribution >= 0.6 is 0 Å². The summed E-state index contributed by atoms with van der Waals surface area (Å²) >= 11 is 0. The number of hydrogen-bond acceptors (Lipinski definition) is 4. The molecule has 1 aromatic rings. The predicted octanol–water partition coefficient (Wildman–Crippen LogP) is 1.12. The zero-order chi connectivity index (χ0) is 14.9. The predicted molar refractivity (Wildman–Crippen MR) is 76.3 cm³/mol. The van der Waals surface area contributed by atoms with Crippen LogP contribution in [0.15, 0.2) is 23.1 Å². The van der Waals surface area contributed by atoms with Gasteiger partial charge >= 0.3 is 0 Å². The highest BCUT2D eigenvalue weighted by atomic mass is 32.2. The average Bonchev–Trinajstić information content (AvgIpc) is 2.41. The molecule has 1 saturated heterocycles. The Hall–Kier alpha value is -1.18. The van der Waals surface area contributed by atoms with Crippen molar-refractivity contribution in [3.8, 4) is 0 Å². The summed E-state index contributed by atoms with van der Waals surface area (Å²) in [5.41, 5.74) is 5.76. The van der Waals surface area contributed by atoms with Gasteiger partial charge in [0.15, 0.2) is 0 Å². The summed E-state index contributed by atoms with van der Waals surface area (Å²) in [6.45, 7) is 1.70. The fourth-order valence-electron chi connectivity index (χ4n) is 2.44. The van der Waals surface area contributed by atoms with Gasteiger partial charge in [-0.1, -0.05) is 0 Å². The summed E-state index contributed by atoms with van der Waals surface area (Å²) in [5, 5.41) is 0. The zero-order valence-corrected chi connectivity index (χ0v) is 12.5. The van der Waals surface area contributed by atoms with Gasteiger partial charge in [-0.3, -0.25) is 0 Å². The van der Waals surface area contributed by atoms with E-state index in [1.54, 1.807) is 0 Å². The Bertz CT molecular complexity index is 583. The fourth-order valence-corrected chi connectivity index (χ4v) is 3.98. The van der Waals surface area contributed by atoms with Gasteiger partial charge < -0.3 is 10.6 Å². The summed E-state index contributed by atoms with van der Waals surface area (Å²) in [5.74, 6) is -0.602. The molecular formula is C13H20FN3O2S. The van der Waals surface area contributed by atoms with Crippen LogP contribution in [0.3, 0.4) is 0 Å². The Labute approximate surface area is 119 Å². The van der Waals surface area contributed by atoms with Crippen LogP contribution in [0.4, 0.5) is 10.1 Å². The van der Waals surface area contributed by atoms with Crippen molar-refractivity contribution in [3.63, 3.8) is 0 Å². The van der Waals surface area contributed by atoms with Crippen molar-refractivity contribution >= 4 is 15.7 Å². The second-order valence-corrected chi connectivity index (χ2v) is 7.20. The van der Waals surface area contributed by atoms with Crippen molar-refractivity contribution in [1.29, 1.82) is 0 Å². The second-order valence-electron chi connectivity index (χ2n) is 5.24. The molecule has 7 heteroatoms. The molecular weight excluding hydrogens is 281 g/mol. The second kappa shape index (κ2) is 5.67. The quantitative estimate of drug-likeness (QED) is 0.850. The van der Waals surface area contributed by atoms with Gasteiger partial charge in [0, 0.05) is 13.1 Å². The van der Waals surface area contributed by atoms with Gasteiger partial charge in [0.1, 0.15) is 10.7 Å². The number of likely N-dealkylation sites (tertiary alicyclic amines) is 1. The maximum Gasteiger partial charge on any atom is 0.245 e. The molecule has 1 fully saturated rings. The number of rotatable bonds is 3. The third-order valence-electron chi connectivity index (χ3n) is 3.83. The normalized spacial score (nSPS) is 18.6. The van der Waals surface area contributed by atoms with E-state index in [-0.39, 0.29) is 16.6 Å². The maximum absolute atomic E-state index is 13.3. The van der Waals surface area contributed by atoms with Gasteiger partial charge in [-0.15, -0.1) is 0 Å². The van der Waals surface area contributed by atoms with Gasteiger partial charge in [-0.05, 0) is 51.2 Å².